The van der Waals surface area contributed by atoms with Crippen molar-refractivity contribution in [2.75, 3.05) is 6.61 Å². The van der Waals surface area contributed by atoms with E-state index in [1.807, 2.05) is 0 Å². The lowest BCUT2D eigenvalue weighted by Gasteiger charge is -2.46. The largest absolute Gasteiger partial charge is 0.477 e. The highest BCUT2D eigenvalue weighted by molar-refractivity contribution is 5.76. The highest BCUT2D eigenvalue weighted by Gasteiger charge is 2.55. The molecule has 6 N–H and O–H groups in total. The predicted octanol–water partition coefficient (Wildman–Crippen LogP) is -1.65. The van der Waals surface area contributed by atoms with Gasteiger partial charge in [-0.2, -0.15) is 0 Å². The van der Waals surface area contributed by atoms with Crippen LogP contribution in [0.3, 0.4) is 0 Å². The average Bonchev–Trinajstić information content (AvgIpc) is 2.67. The molecule has 0 bridgehead atoms. The lowest BCUT2D eigenvalue weighted by molar-refractivity contribution is -0.314. The Morgan fingerprint density at radius 1 is 1.32 bits per heavy atom. The van der Waals surface area contributed by atoms with Crippen molar-refractivity contribution >= 4 is 11.9 Å². The van der Waals surface area contributed by atoms with Crippen LogP contribution in [0.1, 0.15) is 18.9 Å². The summed E-state index contributed by atoms with van der Waals surface area (Å²) in [5, 5.41) is 51.7. The molecule has 1 fully saturated rings. The first-order chi connectivity index (χ1) is 13.2. The zero-order valence-corrected chi connectivity index (χ0v) is 15.3. The number of carboxylic acids is 1. The van der Waals surface area contributed by atoms with Gasteiger partial charge in [0.15, 0.2) is 0 Å². The molecule has 0 saturated carbocycles. The third-order valence-electron chi connectivity index (χ3n) is 4.50. The molecule has 0 aliphatic carbocycles. The van der Waals surface area contributed by atoms with Crippen LogP contribution in [0.2, 0.25) is 0 Å². The van der Waals surface area contributed by atoms with Crippen molar-refractivity contribution in [1.29, 1.82) is 0 Å². The summed E-state index contributed by atoms with van der Waals surface area (Å²) in [6, 6.07) is 7.44. The second-order valence-corrected chi connectivity index (χ2v) is 6.65. The zero-order valence-electron chi connectivity index (χ0n) is 15.3. The Morgan fingerprint density at radius 3 is 2.50 bits per heavy atom. The van der Waals surface area contributed by atoms with E-state index in [4.69, 9.17) is 14.6 Å². The third kappa shape index (κ3) is 5.04. The van der Waals surface area contributed by atoms with Crippen LogP contribution in [-0.2, 0) is 25.7 Å². The number of ether oxygens (including phenoxy) is 2. The molecule has 0 spiro atoms. The Morgan fingerprint density at radius 2 is 1.96 bits per heavy atom. The summed E-state index contributed by atoms with van der Waals surface area (Å²) in [5.41, 5.74) is 0.651. The number of nitrogens with one attached hydrogen (secondary N) is 1. The van der Waals surface area contributed by atoms with Crippen LogP contribution in [-0.4, -0.2) is 80.3 Å². The Bertz CT molecular complexity index is 670. The number of aliphatic carboxylic acids is 1. The van der Waals surface area contributed by atoms with E-state index >= 15 is 0 Å². The van der Waals surface area contributed by atoms with E-state index in [-0.39, 0.29) is 6.61 Å². The van der Waals surface area contributed by atoms with E-state index in [1.165, 1.54) is 6.92 Å². The molecule has 2 rings (SSSR count). The molecule has 1 aromatic carbocycles. The smallest absolute Gasteiger partial charge is 0.364 e. The van der Waals surface area contributed by atoms with Crippen molar-refractivity contribution in [1.82, 2.24) is 5.32 Å². The molecule has 10 heteroatoms. The standard InChI is InChI=1S/C18H25NO9/c1-10(21)19-14-12(22)7-18(17(25)26,27-9-11-5-3-2-4-6-11)28-16(14)15(24)13(23)8-20/h2-6,12-16,20,22-24H,7-9H2,1H3,(H,19,21)(H,25,26)/t12-,13+,14+,15-,16+,18+/m0/s1. The molecule has 0 unspecified atom stereocenters. The molecule has 10 nitrogen and oxygen atoms in total. The van der Waals surface area contributed by atoms with E-state index in [1.54, 1.807) is 30.3 Å². The number of amides is 1. The lowest BCUT2D eigenvalue weighted by atomic mass is 9.88. The van der Waals surface area contributed by atoms with Gasteiger partial charge in [-0.1, -0.05) is 30.3 Å². The van der Waals surface area contributed by atoms with E-state index < -0.39 is 61.1 Å². The zero-order chi connectivity index (χ0) is 20.9. The minimum atomic E-state index is -2.33. The fourth-order valence-corrected chi connectivity index (χ4v) is 3.05. The van der Waals surface area contributed by atoms with Gasteiger partial charge in [-0.15, -0.1) is 0 Å². The first-order valence-electron chi connectivity index (χ1n) is 8.71. The number of hydrogen-bond donors (Lipinski definition) is 6. The van der Waals surface area contributed by atoms with E-state index in [0.717, 1.165) is 0 Å². The maximum atomic E-state index is 11.9. The van der Waals surface area contributed by atoms with Gasteiger partial charge < -0.3 is 40.3 Å². The van der Waals surface area contributed by atoms with E-state index in [9.17, 15) is 30.0 Å². The number of carboxylic acid groups (broad SMARTS) is 1. The van der Waals surface area contributed by atoms with Crippen molar-refractivity contribution in [3.63, 3.8) is 0 Å². The van der Waals surface area contributed by atoms with Gasteiger partial charge in [0, 0.05) is 13.3 Å². The molecule has 156 valence electrons. The van der Waals surface area contributed by atoms with Crippen LogP contribution in [0.5, 0.6) is 0 Å². The highest BCUT2D eigenvalue weighted by Crippen LogP contribution is 2.34. The number of aliphatic hydroxyl groups is 4. The monoisotopic (exact) mass is 399 g/mol. The average molecular weight is 399 g/mol. The van der Waals surface area contributed by atoms with Crippen molar-refractivity contribution in [3.05, 3.63) is 35.9 Å². The summed E-state index contributed by atoms with van der Waals surface area (Å²) < 4.78 is 11.0. The maximum Gasteiger partial charge on any atom is 0.364 e. The predicted molar refractivity (Wildman–Crippen MR) is 93.8 cm³/mol. The fraction of sp³-hybridized carbons (Fsp3) is 0.556. The van der Waals surface area contributed by atoms with Crippen molar-refractivity contribution in [2.24, 2.45) is 0 Å². The van der Waals surface area contributed by atoms with Crippen LogP contribution >= 0.6 is 0 Å². The first kappa shape index (κ1) is 22.2. The van der Waals surface area contributed by atoms with Gasteiger partial charge in [-0.25, -0.2) is 4.79 Å². The van der Waals surface area contributed by atoms with Crippen molar-refractivity contribution in [2.45, 2.75) is 56.2 Å². The Labute approximate surface area is 161 Å². The van der Waals surface area contributed by atoms with Crippen molar-refractivity contribution < 1.29 is 44.6 Å². The van der Waals surface area contributed by atoms with Gasteiger partial charge in [0.25, 0.3) is 5.79 Å². The topological polar surface area (TPSA) is 166 Å². The van der Waals surface area contributed by atoms with Crippen LogP contribution in [0.4, 0.5) is 0 Å². The van der Waals surface area contributed by atoms with Crippen LogP contribution in [0.15, 0.2) is 30.3 Å². The quantitative estimate of drug-likeness (QED) is 0.300. The molecular formula is C18H25NO9. The molecular weight excluding hydrogens is 374 g/mol. The van der Waals surface area contributed by atoms with E-state index in [0.29, 0.717) is 5.56 Å². The van der Waals surface area contributed by atoms with Crippen LogP contribution in [0.25, 0.3) is 0 Å². The Kier molecular flexibility index (Phi) is 7.47. The third-order valence-corrected chi connectivity index (χ3v) is 4.50. The molecule has 1 aliphatic heterocycles. The lowest BCUT2D eigenvalue weighted by Crippen LogP contribution is -2.67. The molecule has 1 saturated heterocycles. The molecule has 0 radical (unpaired) electrons. The summed E-state index contributed by atoms with van der Waals surface area (Å²) in [7, 11) is 0. The summed E-state index contributed by atoms with van der Waals surface area (Å²) in [6.07, 6.45) is -7.03. The normalized spacial score (nSPS) is 29.7. The van der Waals surface area contributed by atoms with Gasteiger partial charge in [0.1, 0.15) is 18.3 Å². The first-order valence-corrected chi connectivity index (χ1v) is 8.71. The fourth-order valence-electron chi connectivity index (χ4n) is 3.05. The van der Waals surface area contributed by atoms with Crippen LogP contribution in [0, 0.1) is 0 Å². The second kappa shape index (κ2) is 9.41. The number of hydrogen-bond acceptors (Lipinski definition) is 8. The Balaban J connectivity index is 2.31. The number of carbonyl (C=O) groups excluding carboxylic acids is 1. The van der Waals surface area contributed by atoms with Crippen LogP contribution < -0.4 is 5.32 Å². The van der Waals surface area contributed by atoms with Gasteiger partial charge in [0.2, 0.25) is 5.91 Å². The van der Waals surface area contributed by atoms with Crippen molar-refractivity contribution in [3.8, 4) is 0 Å². The van der Waals surface area contributed by atoms with Gasteiger partial charge >= 0.3 is 5.97 Å². The molecule has 6 atom stereocenters. The molecule has 1 aromatic rings. The number of benzene rings is 1. The van der Waals surface area contributed by atoms with Gasteiger partial charge in [0.05, 0.1) is 25.4 Å². The summed E-state index contributed by atoms with van der Waals surface area (Å²) >= 11 is 0. The summed E-state index contributed by atoms with van der Waals surface area (Å²) in [5.74, 6) is -4.43. The molecule has 1 amide bonds. The number of carbonyl (C=O) groups is 2. The Hall–Kier alpha value is -2.08. The van der Waals surface area contributed by atoms with Gasteiger partial charge in [-0.3, -0.25) is 4.79 Å². The summed E-state index contributed by atoms with van der Waals surface area (Å²) in [6.45, 7) is 0.175. The highest BCUT2D eigenvalue weighted by atomic mass is 16.7. The molecule has 1 aliphatic rings. The minimum Gasteiger partial charge on any atom is -0.477 e. The summed E-state index contributed by atoms with van der Waals surface area (Å²) in [4.78, 5) is 23.4. The molecule has 28 heavy (non-hydrogen) atoms. The number of rotatable bonds is 8. The SMILES string of the molecule is CC(=O)N[C@H]1[C@H]([C@@H](O)[C@H](O)CO)O[C@@](OCc2ccccc2)(C(=O)O)C[C@@H]1O. The van der Waals surface area contributed by atoms with Gasteiger partial charge in [-0.05, 0) is 5.56 Å². The molecule has 1 heterocycles. The second-order valence-electron chi connectivity index (χ2n) is 6.65. The van der Waals surface area contributed by atoms with E-state index in [2.05, 4.69) is 5.32 Å². The minimum absolute atomic E-state index is 0.157. The maximum absolute atomic E-state index is 11.9. The number of aliphatic hydroxyl groups excluding tert-OH is 4. The molecule has 0 aromatic heterocycles.